The number of pyridine rings is 1. The van der Waals surface area contributed by atoms with Gasteiger partial charge in [0.1, 0.15) is 11.3 Å². The maximum atomic E-state index is 13.2. The fraction of sp³-hybridized carbons (Fsp3) is 0.238. The van der Waals surface area contributed by atoms with E-state index >= 15 is 0 Å². The van der Waals surface area contributed by atoms with Crippen LogP contribution >= 0.6 is 0 Å². The van der Waals surface area contributed by atoms with Gasteiger partial charge in [-0.1, -0.05) is 12.1 Å². The van der Waals surface area contributed by atoms with Crippen LogP contribution in [-0.2, 0) is 4.74 Å². The number of aliphatic hydroxyl groups excluding tert-OH is 1. The lowest BCUT2D eigenvalue weighted by Crippen LogP contribution is -2.28. The van der Waals surface area contributed by atoms with Crippen LogP contribution < -0.4 is 16.0 Å². The van der Waals surface area contributed by atoms with Gasteiger partial charge >= 0.3 is 12.3 Å². The second-order valence-corrected chi connectivity index (χ2v) is 6.87. The summed E-state index contributed by atoms with van der Waals surface area (Å²) in [4.78, 5) is 25.5. The molecule has 0 amide bonds. The Kier molecular flexibility index (Phi) is 5.68. The van der Waals surface area contributed by atoms with Gasteiger partial charge in [0.05, 0.1) is 30.1 Å². The van der Waals surface area contributed by atoms with Gasteiger partial charge in [-0.05, 0) is 43.2 Å². The molecule has 1 aromatic heterocycles. The molecule has 3 aromatic rings. The van der Waals surface area contributed by atoms with Gasteiger partial charge in [-0.2, -0.15) is 0 Å². The van der Waals surface area contributed by atoms with Gasteiger partial charge in [-0.3, -0.25) is 9.36 Å². The first-order chi connectivity index (χ1) is 14.4. The van der Waals surface area contributed by atoms with Gasteiger partial charge in [0.25, 0.3) is 5.56 Å². The van der Waals surface area contributed by atoms with Crippen LogP contribution in [0.1, 0.15) is 34.5 Å². The molecule has 1 heterocycles. The number of ether oxygens (including phenoxy) is 2. The molecule has 0 aliphatic rings. The summed E-state index contributed by atoms with van der Waals surface area (Å²) in [6.07, 6.45) is -5.71. The van der Waals surface area contributed by atoms with Crippen molar-refractivity contribution in [2.75, 3.05) is 12.8 Å². The summed E-state index contributed by atoms with van der Waals surface area (Å²) in [6.45, 7) is 3.22. The van der Waals surface area contributed by atoms with Crippen molar-refractivity contribution in [3.05, 3.63) is 63.4 Å². The van der Waals surface area contributed by atoms with Crippen LogP contribution in [0.5, 0.6) is 5.75 Å². The summed E-state index contributed by atoms with van der Waals surface area (Å²) >= 11 is 0. The highest BCUT2D eigenvalue weighted by atomic mass is 19.4. The lowest BCUT2D eigenvalue weighted by Gasteiger charge is -2.18. The summed E-state index contributed by atoms with van der Waals surface area (Å²) in [5.74, 6) is -1.54. The van der Waals surface area contributed by atoms with Crippen molar-refractivity contribution in [1.82, 2.24) is 4.57 Å². The van der Waals surface area contributed by atoms with Crippen LogP contribution in [0.25, 0.3) is 16.6 Å². The third-order valence-electron chi connectivity index (χ3n) is 4.75. The summed E-state index contributed by atoms with van der Waals surface area (Å²) in [5, 5.41) is 9.96. The smallest absolute Gasteiger partial charge is 0.465 e. The zero-order valence-electron chi connectivity index (χ0n) is 16.8. The Morgan fingerprint density at radius 1 is 1.19 bits per heavy atom. The van der Waals surface area contributed by atoms with Gasteiger partial charge in [-0.25, -0.2) is 4.79 Å². The van der Waals surface area contributed by atoms with E-state index in [-0.39, 0.29) is 22.3 Å². The number of carbonyl (C=O) groups excluding carboxylic acids is 1. The topological polar surface area (TPSA) is 104 Å². The molecule has 7 nitrogen and oxygen atoms in total. The highest BCUT2D eigenvalue weighted by Crippen LogP contribution is 2.32. The van der Waals surface area contributed by atoms with E-state index in [0.717, 1.165) is 23.8 Å². The molecule has 0 bridgehead atoms. The standard InChI is InChI=1S/C21H19F3N2O5/c1-10-8-12(11(2)27)4-7-15(10)26-16-9-13(31-21(22,23)24)5-6-14(16)18(25)17(19(26)28)20(29)30-3/h4-9,11,27H,25H2,1-3H3. The number of benzene rings is 2. The largest absolute Gasteiger partial charge is 0.573 e. The molecule has 0 fully saturated rings. The van der Waals surface area contributed by atoms with E-state index in [1.165, 1.54) is 12.1 Å². The van der Waals surface area contributed by atoms with Crippen molar-refractivity contribution in [2.45, 2.75) is 26.3 Å². The van der Waals surface area contributed by atoms with E-state index in [1.807, 2.05) is 0 Å². The number of methoxy groups -OCH3 is 1. The molecule has 2 aromatic carbocycles. The second-order valence-electron chi connectivity index (χ2n) is 6.87. The molecule has 0 aliphatic carbocycles. The number of esters is 1. The van der Waals surface area contributed by atoms with Crippen molar-refractivity contribution in [3.63, 3.8) is 0 Å². The maximum absolute atomic E-state index is 13.2. The molecule has 0 saturated carbocycles. The van der Waals surface area contributed by atoms with Crippen molar-refractivity contribution in [2.24, 2.45) is 0 Å². The van der Waals surface area contributed by atoms with Crippen LogP contribution in [0.15, 0.2) is 41.2 Å². The molecular formula is C21H19F3N2O5. The van der Waals surface area contributed by atoms with Gasteiger partial charge < -0.3 is 20.3 Å². The molecule has 10 heteroatoms. The Labute approximate surface area is 174 Å². The molecule has 1 unspecified atom stereocenters. The van der Waals surface area contributed by atoms with Crippen LogP contribution in [0.2, 0.25) is 0 Å². The van der Waals surface area contributed by atoms with Gasteiger partial charge in [-0.15, -0.1) is 13.2 Å². The van der Waals surface area contributed by atoms with E-state index < -0.39 is 35.3 Å². The SMILES string of the molecule is COC(=O)c1c(N)c2ccc(OC(F)(F)F)cc2n(-c2ccc(C(C)O)cc2C)c1=O. The molecule has 0 radical (unpaired) electrons. The van der Waals surface area contributed by atoms with Crippen LogP contribution in [0.4, 0.5) is 18.9 Å². The number of hydrogen-bond acceptors (Lipinski definition) is 6. The zero-order valence-corrected chi connectivity index (χ0v) is 16.8. The van der Waals surface area contributed by atoms with E-state index in [2.05, 4.69) is 9.47 Å². The minimum absolute atomic E-state index is 0.00444. The number of aliphatic hydroxyl groups is 1. The average Bonchev–Trinajstić information content (AvgIpc) is 2.67. The first-order valence-corrected chi connectivity index (χ1v) is 9.06. The monoisotopic (exact) mass is 436 g/mol. The molecule has 1 atom stereocenters. The first kappa shape index (κ1) is 22.2. The Morgan fingerprint density at radius 2 is 1.87 bits per heavy atom. The van der Waals surface area contributed by atoms with Crippen molar-refractivity contribution in [1.29, 1.82) is 0 Å². The fourth-order valence-electron chi connectivity index (χ4n) is 3.32. The molecular weight excluding hydrogens is 417 g/mol. The first-order valence-electron chi connectivity index (χ1n) is 9.06. The predicted octanol–water partition coefficient (Wildman–Crippen LogP) is 3.62. The minimum atomic E-state index is -4.94. The van der Waals surface area contributed by atoms with Gasteiger partial charge in [0, 0.05) is 11.5 Å². The number of fused-ring (bicyclic) bond motifs is 1. The molecule has 0 saturated heterocycles. The van der Waals surface area contributed by atoms with Crippen LogP contribution in [-0.4, -0.2) is 29.1 Å². The van der Waals surface area contributed by atoms with Gasteiger partial charge in [0.15, 0.2) is 0 Å². The third-order valence-corrected chi connectivity index (χ3v) is 4.75. The number of nitrogens with two attached hydrogens (primary N) is 1. The summed E-state index contributed by atoms with van der Waals surface area (Å²) < 4.78 is 47.9. The van der Waals surface area contributed by atoms with Gasteiger partial charge in [0.2, 0.25) is 0 Å². The average molecular weight is 436 g/mol. The molecule has 0 spiro atoms. The molecule has 164 valence electrons. The highest BCUT2D eigenvalue weighted by Gasteiger charge is 2.31. The highest BCUT2D eigenvalue weighted by molar-refractivity contribution is 6.04. The summed E-state index contributed by atoms with van der Waals surface area (Å²) in [7, 11) is 1.08. The lowest BCUT2D eigenvalue weighted by atomic mass is 10.0. The zero-order chi connectivity index (χ0) is 23.1. The number of nitrogen functional groups attached to an aromatic ring is 1. The molecule has 3 rings (SSSR count). The lowest BCUT2D eigenvalue weighted by molar-refractivity contribution is -0.274. The second kappa shape index (κ2) is 7.95. The quantitative estimate of drug-likeness (QED) is 0.606. The summed E-state index contributed by atoms with van der Waals surface area (Å²) in [6, 6.07) is 7.99. The number of carbonyl (C=O) groups is 1. The Morgan fingerprint density at radius 3 is 2.42 bits per heavy atom. The van der Waals surface area contributed by atoms with E-state index in [1.54, 1.807) is 26.0 Å². The van der Waals surface area contributed by atoms with E-state index in [0.29, 0.717) is 11.1 Å². The Balaban J connectivity index is 2.42. The van der Waals surface area contributed by atoms with Crippen molar-refractivity contribution >= 4 is 22.6 Å². The number of nitrogens with zero attached hydrogens (tertiary/aromatic N) is 1. The predicted molar refractivity (Wildman–Crippen MR) is 107 cm³/mol. The number of alkyl halides is 3. The number of rotatable bonds is 4. The third kappa shape index (κ3) is 4.19. The number of anilines is 1. The van der Waals surface area contributed by atoms with E-state index in [9.17, 15) is 27.9 Å². The number of aromatic nitrogens is 1. The van der Waals surface area contributed by atoms with Crippen LogP contribution in [0, 0.1) is 6.92 Å². The van der Waals surface area contributed by atoms with Crippen LogP contribution in [0.3, 0.4) is 0 Å². The number of hydrogen-bond donors (Lipinski definition) is 2. The molecule has 0 aliphatic heterocycles. The maximum Gasteiger partial charge on any atom is 0.573 e. The Hall–Kier alpha value is -3.53. The summed E-state index contributed by atoms with van der Waals surface area (Å²) in [5.41, 5.74) is 5.87. The van der Waals surface area contributed by atoms with E-state index in [4.69, 9.17) is 5.73 Å². The normalized spacial score (nSPS) is 12.6. The molecule has 31 heavy (non-hydrogen) atoms. The minimum Gasteiger partial charge on any atom is -0.465 e. The number of aryl methyl sites for hydroxylation is 1. The van der Waals surface area contributed by atoms with Crippen molar-refractivity contribution in [3.8, 4) is 11.4 Å². The number of halogens is 3. The fourth-order valence-corrected chi connectivity index (χ4v) is 3.32. The van der Waals surface area contributed by atoms with Crippen molar-refractivity contribution < 1.29 is 32.5 Å². The molecule has 3 N–H and O–H groups in total. The Bertz CT molecular complexity index is 1230.